The van der Waals surface area contributed by atoms with Gasteiger partial charge < -0.3 is 9.47 Å². The number of nitrogens with zero attached hydrogens (tertiary/aromatic N) is 2. The van der Waals surface area contributed by atoms with Crippen LogP contribution in [0.25, 0.3) is 32.1 Å². The van der Waals surface area contributed by atoms with E-state index in [2.05, 4.69) is 0 Å². The predicted molar refractivity (Wildman–Crippen MR) is 165 cm³/mol. The van der Waals surface area contributed by atoms with E-state index < -0.39 is 32.8 Å². The molecule has 43 heavy (non-hydrogen) atoms. The molecular formula is C32H28N2O8S. The van der Waals surface area contributed by atoms with Crippen LogP contribution in [0, 0.1) is 20.2 Å². The van der Waals surface area contributed by atoms with Crippen molar-refractivity contribution in [3.63, 3.8) is 0 Å². The lowest BCUT2D eigenvalue weighted by atomic mass is 10.0. The van der Waals surface area contributed by atoms with Gasteiger partial charge in [-0.3, -0.25) is 20.2 Å². The van der Waals surface area contributed by atoms with Gasteiger partial charge in [0.05, 0.1) is 24.0 Å². The quantitative estimate of drug-likeness (QED) is 0.135. The van der Waals surface area contributed by atoms with Gasteiger partial charge in [0.2, 0.25) is 22.9 Å². The maximum Gasteiger partial charge on any atom is 0.223 e. The standard InChI is InChI=1S/C32H28N2O8S/c1-41-29-15-13-25(21-27(29)23-9-5-3-6-10-23)31(17-19-33(35)36)43(39,40)32(18-20-34(37)38)26-14-16-30(42-2)28(22-26)24-11-7-4-8-12-24/h3-18,21-22H,19-20H2,1-2H3/b31-17+,32-18+. The van der Waals surface area contributed by atoms with Gasteiger partial charge in [-0.25, -0.2) is 8.42 Å². The van der Waals surface area contributed by atoms with E-state index in [1.54, 1.807) is 24.3 Å². The van der Waals surface area contributed by atoms with Crippen molar-refractivity contribution in [2.24, 2.45) is 0 Å². The molecule has 0 N–H and O–H groups in total. The van der Waals surface area contributed by atoms with Gasteiger partial charge in [0.15, 0.2) is 0 Å². The lowest BCUT2D eigenvalue weighted by Gasteiger charge is -2.17. The molecule has 0 aliphatic heterocycles. The van der Waals surface area contributed by atoms with Gasteiger partial charge in [0.1, 0.15) is 11.5 Å². The van der Waals surface area contributed by atoms with Crippen molar-refractivity contribution in [1.82, 2.24) is 0 Å². The Labute approximate surface area is 248 Å². The van der Waals surface area contributed by atoms with Crippen molar-refractivity contribution in [2.75, 3.05) is 27.3 Å². The molecule has 0 bridgehead atoms. The molecule has 4 aromatic rings. The molecule has 0 atom stereocenters. The number of benzene rings is 4. The van der Waals surface area contributed by atoms with E-state index in [0.29, 0.717) is 22.6 Å². The van der Waals surface area contributed by atoms with Crippen molar-refractivity contribution in [2.45, 2.75) is 0 Å². The van der Waals surface area contributed by atoms with Gasteiger partial charge >= 0.3 is 0 Å². The van der Waals surface area contributed by atoms with Crippen LogP contribution in [0.15, 0.2) is 109 Å². The minimum atomic E-state index is -4.57. The molecule has 0 radical (unpaired) electrons. The van der Waals surface area contributed by atoms with Crippen LogP contribution in [-0.4, -0.2) is 45.6 Å². The Morgan fingerprint density at radius 2 is 1.02 bits per heavy atom. The van der Waals surface area contributed by atoms with Crippen molar-refractivity contribution < 1.29 is 27.7 Å². The van der Waals surface area contributed by atoms with Crippen LogP contribution in [-0.2, 0) is 9.84 Å². The molecule has 0 saturated heterocycles. The van der Waals surface area contributed by atoms with Crippen LogP contribution in [0.3, 0.4) is 0 Å². The number of hydrogen-bond acceptors (Lipinski definition) is 8. The average Bonchev–Trinajstić information content (AvgIpc) is 3.01. The molecular weight excluding hydrogens is 572 g/mol. The van der Waals surface area contributed by atoms with Crippen molar-refractivity contribution >= 4 is 19.6 Å². The third kappa shape index (κ3) is 7.14. The van der Waals surface area contributed by atoms with Gasteiger partial charge in [0, 0.05) is 33.1 Å². The summed E-state index contributed by atoms with van der Waals surface area (Å²) in [6.07, 6.45) is 2.01. The highest BCUT2D eigenvalue weighted by molar-refractivity contribution is 8.09. The summed E-state index contributed by atoms with van der Waals surface area (Å²) < 4.78 is 39.8. The third-order valence-corrected chi connectivity index (χ3v) is 8.53. The summed E-state index contributed by atoms with van der Waals surface area (Å²) in [5, 5.41) is 22.8. The first-order valence-corrected chi connectivity index (χ1v) is 14.5. The molecule has 0 heterocycles. The van der Waals surface area contributed by atoms with Gasteiger partial charge in [0.25, 0.3) is 0 Å². The van der Waals surface area contributed by atoms with E-state index in [-0.39, 0.29) is 20.9 Å². The minimum Gasteiger partial charge on any atom is -0.496 e. The molecule has 11 heteroatoms. The second-order valence-corrected chi connectivity index (χ2v) is 11.1. The van der Waals surface area contributed by atoms with Gasteiger partial charge in [-0.1, -0.05) is 60.7 Å². The molecule has 4 rings (SSSR count). The second-order valence-electron chi connectivity index (χ2n) is 9.23. The highest BCUT2D eigenvalue weighted by atomic mass is 32.2. The molecule has 0 aromatic heterocycles. The third-order valence-electron chi connectivity index (χ3n) is 6.57. The normalized spacial score (nSPS) is 12.0. The zero-order valence-corrected chi connectivity index (χ0v) is 24.2. The molecule has 0 unspecified atom stereocenters. The molecule has 4 aromatic carbocycles. The predicted octanol–water partition coefficient (Wildman–Crippen LogP) is 6.39. The Bertz CT molecular complexity index is 1680. The smallest absolute Gasteiger partial charge is 0.223 e. The number of hydrogen-bond donors (Lipinski definition) is 0. The summed E-state index contributed by atoms with van der Waals surface area (Å²) in [5.74, 6) is 0.931. The molecule has 0 spiro atoms. The number of ether oxygens (including phenoxy) is 2. The van der Waals surface area contributed by atoms with Crippen molar-refractivity contribution in [3.8, 4) is 33.8 Å². The lowest BCUT2D eigenvalue weighted by Crippen LogP contribution is -2.11. The van der Waals surface area contributed by atoms with Crippen LogP contribution in [0.5, 0.6) is 11.5 Å². The summed E-state index contributed by atoms with van der Waals surface area (Å²) in [6.45, 7) is -1.58. The van der Waals surface area contributed by atoms with Crippen molar-refractivity contribution in [1.29, 1.82) is 0 Å². The van der Waals surface area contributed by atoms with Crippen LogP contribution < -0.4 is 9.47 Å². The highest BCUT2D eigenvalue weighted by Crippen LogP contribution is 2.40. The van der Waals surface area contributed by atoms with Crippen LogP contribution >= 0.6 is 0 Å². The second kappa shape index (κ2) is 13.6. The Kier molecular flexibility index (Phi) is 9.68. The highest BCUT2D eigenvalue weighted by Gasteiger charge is 2.29. The maximum atomic E-state index is 14.4. The maximum absolute atomic E-state index is 14.4. The van der Waals surface area contributed by atoms with E-state index in [1.165, 1.54) is 26.4 Å². The molecule has 0 amide bonds. The van der Waals surface area contributed by atoms with E-state index in [9.17, 15) is 28.6 Å². The van der Waals surface area contributed by atoms with Gasteiger partial charge in [-0.2, -0.15) is 0 Å². The number of rotatable bonds is 12. The van der Waals surface area contributed by atoms with E-state index in [0.717, 1.165) is 23.3 Å². The first kappa shape index (κ1) is 30.7. The van der Waals surface area contributed by atoms with Gasteiger partial charge in [-0.15, -0.1) is 0 Å². The molecule has 10 nitrogen and oxygen atoms in total. The fraction of sp³-hybridized carbons (Fsp3) is 0.125. The molecule has 0 aliphatic rings. The Balaban J connectivity index is 1.95. The summed E-state index contributed by atoms with van der Waals surface area (Å²) in [4.78, 5) is 20.8. The van der Waals surface area contributed by atoms with Gasteiger partial charge in [-0.05, 0) is 58.7 Å². The molecule has 220 valence electrons. The molecule has 0 aliphatic carbocycles. The zero-order valence-electron chi connectivity index (χ0n) is 23.4. The van der Waals surface area contributed by atoms with Crippen LogP contribution in [0.4, 0.5) is 0 Å². The van der Waals surface area contributed by atoms with Crippen LogP contribution in [0.2, 0.25) is 0 Å². The largest absolute Gasteiger partial charge is 0.496 e. The fourth-order valence-electron chi connectivity index (χ4n) is 4.61. The molecule has 0 fully saturated rings. The first-order chi connectivity index (χ1) is 20.6. The summed E-state index contributed by atoms with van der Waals surface area (Å²) in [7, 11) is -1.61. The number of nitro groups is 2. The summed E-state index contributed by atoms with van der Waals surface area (Å²) in [5.41, 5.74) is 2.91. The first-order valence-electron chi connectivity index (χ1n) is 13.0. The lowest BCUT2D eigenvalue weighted by molar-refractivity contribution is -0.468. The average molecular weight is 601 g/mol. The Morgan fingerprint density at radius 3 is 1.35 bits per heavy atom. The molecule has 0 saturated carbocycles. The Hall–Kier alpha value is -5.29. The SMILES string of the molecule is COc1ccc(/C(=C\C[N+](=O)[O-])S(=O)(=O)/C(=C/C[N+](=O)[O-])c2ccc(OC)c(-c3ccccc3)c2)cc1-c1ccccc1. The fourth-order valence-corrected chi connectivity index (χ4v) is 6.31. The van der Waals surface area contributed by atoms with E-state index in [4.69, 9.17) is 9.47 Å². The van der Waals surface area contributed by atoms with E-state index in [1.807, 2.05) is 60.7 Å². The summed E-state index contributed by atoms with van der Waals surface area (Å²) in [6, 6.07) is 27.5. The number of sulfone groups is 1. The zero-order chi connectivity index (χ0) is 31.0. The van der Waals surface area contributed by atoms with E-state index >= 15 is 0 Å². The van der Waals surface area contributed by atoms with Crippen molar-refractivity contribution in [3.05, 3.63) is 141 Å². The van der Waals surface area contributed by atoms with Crippen LogP contribution in [0.1, 0.15) is 11.1 Å². The Morgan fingerprint density at radius 1 is 0.651 bits per heavy atom. The monoisotopic (exact) mass is 600 g/mol. The number of methoxy groups -OCH3 is 2. The minimum absolute atomic E-state index is 0.158. The topological polar surface area (TPSA) is 139 Å². The summed E-state index contributed by atoms with van der Waals surface area (Å²) >= 11 is 0.